The normalized spacial score (nSPS) is 10.6. The summed E-state index contributed by atoms with van der Waals surface area (Å²) < 4.78 is 2.59. The molecule has 0 radical (unpaired) electrons. The topological polar surface area (TPSA) is 46.9 Å². The van der Waals surface area contributed by atoms with E-state index in [0.29, 0.717) is 5.56 Å². The summed E-state index contributed by atoms with van der Waals surface area (Å²) in [4.78, 5) is 12.3. The van der Waals surface area contributed by atoms with Crippen molar-refractivity contribution in [3.63, 3.8) is 0 Å². The van der Waals surface area contributed by atoms with Gasteiger partial charge in [0.1, 0.15) is 0 Å². The fourth-order valence-corrected chi connectivity index (χ4v) is 2.40. The smallest absolute Gasteiger partial charge is 0.256 e. The lowest BCUT2D eigenvalue weighted by Gasteiger charge is -2.08. The number of hydrogen-bond acceptors (Lipinski definition) is 2. The van der Waals surface area contributed by atoms with Crippen molar-refractivity contribution in [2.24, 2.45) is 7.05 Å². The quantitative estimate of drug-likeness (QED) is 0.921. The molecule has 0 spiro atoms. The van der Waals surface area contributed by atoms with Gasteiger partial charge in [0.15, 0.2) is 0 Å². The van der Waals surface area contributed by atoms with Gasteiger partial charge in [-0.05, 0) is 48.3 Å². The van der Waals surface area contributed by atoms with Crippen molar-refractivity contribution in [3.05, 3.63) is 45.2 Å². The van der Waals surface area contributed by atoms with Gasteiger partial charge in [0.05, 0.1) is 22.6 Å². The molecule has 0 aliphatic carbocycles. The molecule has 1 heterocycles. The molecule has 0 aliphatic heterocycles. The molecular formula is C14H16BrN3O. The maximum absolute atomic E-state index is 12.3. The third-order valence-corrected chi connectivity index (χ3v) is 4.24. The summed E-state index contributed by atoms with van der Waals surface area (Å²) in [5.74, 6) is -0.130. The molecular weight excluding hydrogens is 306 g/mol. The van der Waals surface area contributed by atoms with Gasteiger partial charge in [0, 0.05) is 11.5 Å². The standard InChI is InChI=1S/C14H16BrN3O/c1-8-6-5-7-11(12(8)15)14(19)16-13-9(2)17-18(4)10(13)3/h5-7H,1-4H3,(H,16,19). The number of carbonyl (C=O) groups excluding carboxylic acids is 1. The van der Waals surface area contributed by atoms with Gasteiger partial charge in [-0.15, -0.1) is 0 Å². The average molecular weight is 322 g/mol. The Morgan fingerprint density at radius 1 is 1.32 bits per heavy atom. The summed E-state index contributed by atoms with van der Waals surface area (Å²) in [6, 6.07) is 5.63. The molecule has 0 aliphatic rings. The minimum Gasteiger partial charge on any atom is -0.319 e. The fraction of sp³-hybridized carbons (Fsp3) is 0.286. The van der Waals surface area contributed by atoms with E-state index in [2.05, 4.69) is 26.3 Å². The van der Waals surface area contributed by atoms with E-state index in [1.54, 1.807) is 10.7 Å². The van der Waals surface area contributed by atoms with E-state index >= 15 is 0 Å². The van der Waals surface area contributed by atoms with Crippen LogP contribution in [0.4, 0.5) is 5.69 Å². The van der Waals surface area contributed by atoms with Gasteiger partial charge < -0.3 is 5.32 Å². The Kier molecular flexibility index (Phi) is 3.75. The Morgan fingerprint density at radius 2 is 2.00 bits per heavy atom. The molecule has 1 N–H and O–H groups in total. The number of benzene rings is 1. The fourth-order valence-electron chi connectivity index (χ4n) is 1.96. The van der Waals surface area contributed by atoms with Gasteiger partial charge >= 0.3 is 0 Å². The minimum atomic E-state index is -0.130. The number of halogens is 1. The Morgan fingerprint density at radius 3 is 2.58 bits per heavy atom. The van der Waals surface area contributed by atoms with Crippen LogP contribution >= 0.6 is 15.9 Å². The van der Waals surface area contributed by atoms with E-state index in [0.717, 1.165) is 27.1 Å². The second-order valence-electron chi connectivity index (χ2n) is 4.56. The van der Waals surface area contributed by atoms with Crippen LogP contribution in [0.25, 0.3) is 0 Å². The summed E-state index contributed by atoms with van der Waals surface area (Å²) in [5.41, 5.74) is 4.20. The third-order valence-electron chi connectivity index (χ3n) is 3.18. The van der Waals surface area contributed by atoms with Crippen LogP contribution in [0.1, 0.15) is 27.3 Å². The van der Waals surface area contributed by atoms with Crippen molar-refractivity contribution >= 4 is 27.5 Å². The molecule has 2 rings (SSSR count). The van der Waals surface area contributed by atoms with Gasteiger partial charge in [-0.3, -0.25) is 9.48 Å². The molecule has 2 aromatic rings. The van der Waals surface area contributed by atoms with E-state index in [9.17, 15) is 4.79 Å². The Hall–Kier alpha value is -1.62. The molecule has 0 unspecified atom stereocenters. The van der Waals surface area contributed by atoms with Gasteiger partial charge in [0.25, 0.3) is 5.91 Å². The van der Waals surface area contributed by atoms with Crippen molar-refractivity contribution < 1.29 is 4.79 Å². The van der Waals surface area contributed by atoms with Crippen molar-refractivity contribution in [2.45, 2.75) is 20.8 Å². The number of anilines is 1. The first-order chi connectivity index (χ1) is 8.91. The first-order valence-electron chi connectivity index (χ1n) is 5.98. The third kappa shape index (κ3) is 2.56. The molecule has 0 saturated carbocycles. The molecule has 4 nitrogen and oxygen atoms in total. The molecule has 19 heavy (non-hydrogen) atoms. The van der Waals surface area contributed by atoms with Gasteiger partial charge in [-0.1, -0.05) is 12.1 Å². The molecule has 1 amide bonds. The SMILES string of the molecule is Cc1cccc(C(=O)Nc2c(C)nn(C)c2C)c1Br. The van der Waals surface area contributed by atoms with E-state index in [4.69, 9.17) is 0 Å². The molecule has 1 aromatic carbocycles. The number of carbonyl (C=O) groups is 1. The maximum atomic E-state index is 12.3. The second-order valence-corrected chi connectivity index (χ2v) is 5.35. The van der Waals surface area contributed by atoms with Crippen LogP contribution in [0.2, 0.25) is 0 Å². The molecule has 0 bridgehead atoms. The average Bonchev–Trinajstić information content (AvgIpc) is 2.59. The maximum Gasteiger partial charge on any atom is 0.256 e. The predicted molar refractivity (Wildman–Crippen MR) is 79.5 cm³/mol. The number of hydrogen-bond donors (Lipinski definition) is 1. The highest BCUT2D eigenvalue weighted by molar-refractivity contribution is 9.10. The summed E-state index contributed by atoms with van der Waals surface area (Å²) >= 11 is 3.45. The number of nitrogens with zero attached hydrogens (tertiary/aromatic N) is 2. The Balaban J connectivity index is 2.34. The Bertz CT molecular complexity index is 646. The first kappa shape index (κ1) is 13.8. The van der Waals surface area contributed by atoms with Crippen LogP contribution in [-0.2, 0) is 7.05 Å². The van der Waals surface area contributed by atoms with E-state index in [-0.39, 0.29) is 5.91 Å². The minimum absolute atomic E-state index is 0.130. The molecule has 100 valence electrons. The van der Waals surface area contributed by atoms with E-state index < -0.39 is 0 Å². The van der Waals surface area contributed by atoms with Crippen LogP contribution in [0.5, 0.6) is 0 Å². The predicted octanol–water partition coefficient (Wildman–Crippen LogP) is 3.36. The zero-order valence-electron chi connectivity index (χ0n) is 11.4. The summed E-state index contributed by atoms with van der Waals surface area (Å²) in [6.07, 6.45) is 0. The van der Waals surface area contributed by atoms with Crippen LogP contribution in [0.3, 0.4) is 0 Å². The molecule has 0 fully saturated rings. The number of nitrogens with one attached hydrogen (secondary N) is 1. The number of aryl methyl sites for hydroxylation is 3. The summed E-state index contributed by atoms with van der Waals surface area (Å²) in [7, 11) is 1.86. The van der Waals surface area contributed by atoms with Crippen LogP contribution in [0, 0.1) is 20.8 Å². The monoisotopic (exact) mass is 321 g/mol. The number of amides is 1. The van der Waals surface area contributed by atoms with Crippen molar-refractivity contribution in [1.82, 2.24) is 9.78 Å². The van der Waals surface area contributed by atoms with Gasteiger partial charge in [-0.25, -0.2) is 0 Å². The van der Waals surface area contributed by atoms with Gasteiger partial charge in [-0.2, -0.15) is 5.10 Å². The lowest BCUT2D eigenvalue weighted by molar-refractivity contribution is 0.102. The molecule has 0 atom stereocenters. The second kappa shape index (κ2) is 5.17. The van der Waals surface area contributed by atoms with E-state index in [1.807, 2.05) is 40.0 Å². The molecule has 1 aromatic heterocycles. The Labute approximate surface area is 120 Å². The zero-order valence-corrected chi connectivity index (χ0v) is 13.0. The highest BCUT2D eigenvalue weighted by atomic mass is 79.9. The highest BCUT2D eigenvalue weighted by Gasteiger charge is 2.16. The summed E-state index contributed by atoms with van der Waals surface area (Å²) in [5, 5.41) is 7.22. The van der Waals surface area contributed by atoms with Gasteiger partial charge in [0.2, 0.25) is 0 Å². The first-order valence-corrected chi connectivity index (χ1v) is 6.77. The summed E-state index contributed by atoms with van der Waals surface area (Å²) in [6.45, 7) is 5.77. The largest absolute Gasteiger partial charge is 0.319 e. The zero-order chi connectivity index (χ0) is 14.2. The molecule has 5 heteroatoms. The number of aromatic nitrogens is 2. The highest BCUT2D eigenvalue weighted by Crippen LogP contribution is 2.24. The van der Waals surface area contributed by atoms with Crippen LogP contribution in [0.15, 0.2) is 22.7 Å². The van der Waals surface area contributed by atoms with Crippen molar-refractivity contribution in [2.75, 3.05) is 5.32 Å². The van der Waals surface area contributed by atoms with Crippen LogP contribution < -0.4 is 5.32 Å². The molecule has 0 saturated heterocycles. The van der Waals surface area contributed by atoms with Crippen molar-refractivity contribution in [3.8, 4) is 0 Å². The lowest BCUT2D eigenvalue weighted by Crippen LogP contribution is -2.14. The number of rotatable bonds is 2. The van der Waals surface area contributed by atoms with Crippen molar-refractivity contribution in [1.29, 1.82) is 0 Å². The van der Waals surface area contributed by atoms with Crippen LogP contribution in [-0.4, -0.2) is 15.7 Å². The lowest BCUT2D eigenvalue weighted by atomic mass is 10.1. The van der Waals surface area contributed by atoms with E-state index in [1.165, 1.54) is 0 Å².